The lowest BCUT2D eigenvalue weighted by molar-refractivity contribution is -0.124. The summed E-state index contributed by atoms with van der Waals surface area (Å²) in [5, 5.41) is 2.46. The third-order valence-corrected chi connectivity index (χ3v) is 5.17. The highest BCUT2D eigenvalue weighted by Gasteiger charge is 2.34. The van der Waals surface area contributed by atoms with E-state index in [0.717, 1.165) is 35.2 Å². The van der Waals surface area contributed by atoms with Gasteiger partial charge in [0, 0.05) is 38.4 Å². The largest absolute Gasteiger partial charge is 0.356 e. The van der Waals surface area contributed by atoms with Crippen molar-refractivity contribution in [2.75, 3.05) is 13.1 Å². The molecule has 1 aromatic heterocycles. The second-order valence-electron chi connectivity index (χ2n) is 6.38. The summed E-state index contributed by atoms with van der Waals surface area (Å²) in [6, 6.07) is 9.68. The van der Waals surface area contributed by atoms with Crippen molar-refractivity contribution < 1.29 is 14.4 Å². The van der Waals surface area contributed by atoms with Crippen LogP contribution in [0.2, 0.25) is 0 Å². The Bertz CT molecular complexity index is 907. The predicted molar refractivity (Wildman–Crippen MR) is 113 cm³/mol. The maximum Gasteiger partial charge on any atom is 0.293 e. The molecule has 0 unspecified atom stereocenters. The second-order valence-corrected chi connectivity index (χ2v) is 7.37. The van der Waals surface area contributed by atoms with Gasteiger partial charge >= 0.3 is 0 Å². The molecule has 2 aromatic rings. The van der Waals surface area contributed by atoms with Crippen LogP contribution in [-0.4, -0.2) is 44.6 Å². The number of thioether (sulfide) groups is 1. The summed E-state index contributed by atoms with van der Waals surface area (Å²) in [5.74, 6) is -0.534. The topological polar surface area (TPSA) is 84.3 Å². The first-order valence-corrected chi connectivity index (χ1v) is 10.1. The second kappa shape index (κ2) is 10.4. The minimum Gasteiger partial charge on any atom is -0.356 e. The van der Waals surface area contributed by atoms with Crippen molar-refractivity contribution in [3.8, 4) is 0 Å². The Kier molecular flexibility index (Phi) is 7.40. The van der Waals surface area contributed by atoms with Crippen molar-refractivity contribution in [2.45, 2.75) is 19.4 Å². The van der Waals surface area contributed by atoms with Crippen molar-refractivity contribution in [3.63, 3.8) is 0 Å². The minimum absolute atomic E-state index is 0.0811. The maximum atomic E-state index is 12.4. The van der Waals surface area contributed by atoms with Crippen LogP contribution >= 0.6 is 11.8 Å². The fourth-order valence-corrected chi connectivity index (χ4v) is 3.54. The Labute approximate surface area is 173 Å². The van der Waals surface area contributed by atoms with E-state index >= 15 is 0 Å². The molecule has 8 heteroatoms. The Morgan fingerprint density at radius 1 is 1.17 bits per heavy atom. The lowest BCUT2D eigenvalue weighted by atomic mass is 10.2. The number of aryl methyl sites for hydroxylation is 1. The third-order valence-electron chi connectivity index (χ3n) is 4.25. The Hall–Kier alpha value is -3.13. The van der Waals surface area contributed by atoms with Crippen molar-refractivity contribution >= 4 is 34.9 Å². The number of amides is 3. The highest BCUT2D eigenvalue weighted by Crippen LogP contribution is 2.30. The van der Waals surface area contributed by atoms with Gasteiger partial charge in [-0.15, -0.1) is 0 Å². The molecule has 1 saturated heterocycles. The molecule has 1 aliphatic rings. The molecule has 0 saturated carbocycles. The lowest BCUT2D eigenvalue weighted by Crippen LogP contribution is -2.34. The zero-order valence-corrected chi connectivity index (χ0v) is 16.7. The van der Waals surface area contributed by atoms with Gasteiger partial charge in [0.1, 0.15) is 0 Å². The molecule has 0 atom stereocenters. The van der Waals surface area contributed by atoms with Gasteiger partial charge in [0.15, 0.2) is 0 Å². The van der Waals surface area contributed by atoms with Crippen molar-refractivity contribution in [1.29, 1.82) is 0 Å². The van der Waals surface area contributed by atoms with Crippen molar-refractivity contribution in [3.05, 3.63) is 71.7 Å². The molecule has 1 N–H and O–H groups in total. The van der Waals surface area contributed by atoms with E-state index < -0.39 is 0 Å². The summed E-state index contributed by atoms with van der Waals surface area (Å²) in [6.07, 6.45) is 11.4. The van der Waals surface area contributed by atoms with Gasteiger partial charge in [0.2, 0.25) is 5.91 Å². The van der Waals surface area contributed by atoms with E-state index in [-0.39, 0.29) is 30.0 Å². The van der Waals surface area contributed by atoms with E-state index in [1.165, 1.54) is 0 Å². The molecule has 0 radical (unpaired) electrons. The first-order chi connectivity index (χ1) is 14.1. The van der Waals surface area contributed by atoms with Crippen LogP contribution in [0.25, 0.3) is 6.08 Å². The molecular weight excluding hydrogens is 388 g/mol. The fourth-order valence-electron chi connectivity index (χ4n) is 2.73. The predicted octanol–water partition coefficient (Wildman–Crippen LogP) is 3.07. The van der Waals surface area contributed by atoms with Gasteiger partial charge in [0.25, 0.3) is 11.1 Å². The monoisotopic (exact) mass is 410 g/mol. The molecule has 3 amide bonds. The number of benzene rings is 1. The zero-order chi connectivity index (χ0) is 20.5. The van der Waals surface area contributed by atoms with Crippen LogP contribution in [0.5, 0.6) is 0 Å². The molecule has 1 aromatic carbocycles. The van der Waals surface area contributed by atoms with Crippen LogP contribution in [-0.2, 0) is 16.1 Å². The van der Waals surface area contributed by atoms with Crippen LogP contribution in [0.15, 0.2) is 66.1 Å². The molecule has 2 heterocycles. The molecular formula is C21H22N4O3S. The Morgan fingerprint density at radius 2 is 2.00 bits per heavy atom. The van der Waals surface area contributed by atoms with Crippen LogP contribution < -0.4 is 5.32 Å². The zero-order valence-electron chi connectivity index (χ0n) is 15.9. The first-order valence-electron chi connectivity index (χ1n) is 9.33. The molecule has 7 nitrogen and oxygen atoms in total. The Morgan fingerprint density at radius 3 is 2.76 bits per heavy atom. The SMILES string of the molecule is O=C(CCN1C(=O)SC(=CC=Cc2ccccc2)C1=O)NCCCn1ccnc1. The number of allylic oxidation sites excluding steroid dienone is 2. The number of hydrogen-bond acceptors (Lipinski definition) is 5. The number of carbonyl (C=O) groups is 3. The van der Waals surface area contributed by atoms with Gasteiger partial charge in [-0.25, -0.2) is 4.98 Å². The Balaban J connectivity index is 1.41. The van der Waals surface area contributed by atoms with E-state index in [1.54, 1.807) is 24.7 Å². The third kappa shape index (κ3) is 6.18. The van der Waals surface area contributed by atoms with E-state index in [2.05, 4.69) is 10.3 Å². The van der Waals surface area contributed by atoms with Crippen LogP contribution in [0, 0.1) is 0 Å². The van der Waals surface area contributed by atoms with Gasteiger partial charge in [0.05, 0.1) is 11.2 Å². The number of aromatic nitrogens is 2. The quantitative estimate of drug-likeness (QED) is 0.507. The van der Waals surface area contributed by atoms with Gasteiger partial charge < -0.3 is 9.88 Å². The van der Waals surface area contributed by atoms with Gasteiger partial charge in [-0.05, 0) is 29.8 Å². The number of nitrogens with one attached hydrogen (secondary N) is 1. The van der Waals surface area contributed by atoms with E-state index in [4.69, 9.17) is 0 Å². The molecule has 1 aliphatic heterocycles. The first kappa shape index (κ1) is 20.6. The number of rotatable bonds is 9. The minimum atomic E-state index is -0.356. The van der Waals surface area contributed by atoms with Crippen molar-refractivity contribution in [2.24, 2.45) is 0 Å². The maximum absolute atomic E-state index is 12.4. The smallest absolute Gasteiger partial charge is 0.293 e. The highest BCUT2D eigenvalue weighted by atomic mass is 32.2. The van der Waals surface area contributed by atoms with Crippen molar-refractivity contribution in [1.82, 2.24) is 19.8 Å². The average molecular weight is 410 g/mol. The normalized spacial score (nSPS) is 15.6. The summed E-state index contributed by atoms with van der Waals surface area (Å²) in [5.41, 5.74) is 1.01. The highest BCUT2D eigenvalue weighted by molar-refractivity contribution is 8.18. The van der Waals surface area contributed by atoms with E-state index in [1.807, 2.05) is 47.2 Å². The average Bonchev–Trinajstić information content (AvgIpc) is 3.33. The summed E-state index contributed by atoms with van der Waals surface area (Å²) >= 11 is 0.895. The molecule has 0 bridgehead atoms. The van der Waals surface area contributed by atoms with E-state index in [9.17, 15) is 14.4 Å². The van der Waals surface area contributed by atoms with Crippen LogP contribution in [0.1, 0.15) is 18.4 Å². The van der Waals surface area contributed by atoms with Crippen LogP contribution in [0.3, 0.4) is 0 Å². The molecule has 150 valence electrons. The van der Waals surface area contributed by atoms with E-state index in [0.29, 0.717) is 11.4 Å². The fraction of sp³-hybridized carbons (Fsp3) is 0.238. The van der Waals surface area contributed by atoms with Gasteiger partial charge in [-0.1, -0.05) is 42.5 Å². The summed E-state index contributed by atoms with van der Waals surface area (Å²) in [4.78, 5) is 41.9. The number of imide groups is 1. The molecule has 1 fully saturated rings. The lowest BCUT2D eigenvalue weighted by Gasteiger charge is -2.12. The molecule has 29 heavy (non-hydrogen) atoms. The summed E-state index contributed by atoms with van der Waals surface area (Å²) in [7, 11) is 0. The number of carbonyl (C=O) groups excluding carboxylic acids is 3. The number of hydrogen-bond donors (Lipinski definition) is 1. The molecule has 0 spiro atoms. The van der Waals surface area contributed by atoms with Gasteiger partial charge in [-0.2, -0.15) is 0 Å². The number of nitrogens with zero attached hydrogens (tertiary/aromatic N) is 3. The van der Waals surface area contributed by atoms with Gasteiger partial charge in [-0.3, -0.25) is 19.3 Å². The molecule has 3 rings (SSSR count). The summed E-state index contributed by atoms with van der Waals surface area (Å²) < 4.78 is 1.94. The molecule has 0 aliphatic carbocycles. The van der Waals surface area contributed by atoms with Crippen LogP contribution in [0.4, 0.5) is 4.79 Å². The summed E-state index contributed by atoms with van der Waals surface area (Å²) in [6.45, 7) is 1.38. The standard InChI is InChI=1S/C21H22N4O3S/c26-19(23-11-5-13-24-15-12-22-16-24)10-14-25-20(27)18(29-21(25)28)9-4-8-17-6-2-1-3-7-17/h1-4,6-9,12,15-16H,5,10-11,13-14H2,(H,23,26). The number of imidazole rings is 1.